The van der Waals surface area contributed by atoms with Crippen molar-refractivity contribution in [2.75, 3.05) is 13.1 Å². The summed E-state index contributed by atoms with van der Waals surface area (Å²) in [5, 5.41) is 20.9. The fourth-order valence-corrected chi connectivity index (χ4v) is 3.94. The molecule has 0 unspecified atom stereocenters. The van der Waals surface area contributed by atoms with Crippen LogP contribution in [0.5, 0.6) is 0 Å². The number of hydroxylamine groups is 1. The van der Waals surface area contributed by atoms with Crippen LogP contribution < -0.4 is 10.8 Å². The van der Waals surface area contributed by atoms with E-state index in [4.69, 9.17) is 5.21 Å². The summed E-state index contributed by atoms with van der Waals surface area (Å²) in [5.74, 6) is -0.524. The van der Waals surface area contributed by atoms with Crippen LogP contribution >= 0.6 is 0 Å². The number of urea groups is 1. The van der Waals surface area contributed by atoms with E-state index in [1.54, 1.807) is 4.90 Å². The molecule has 8 heteroatoms. The number of nitrogens with zero attached hydrogens (tertiary/aromatic N) is 1. The van der Waals surface area contributed by atoms with Gasteiger partial charge in [0.2, 0.25) is 0 Å². The third kappa shape index (κ3) is 5.93. The van der Waals surface area contributed by atoms with Crippen LogP contribution in [0.2, 0.25) is 0 Å². The van der Waals surface area contributed by atoms with Gasteiger partial charge in [0.25, 0.3) is 5.91 Å². The van der Waals surface area contributed by atoms with Crippen LogP contribution in [0.3, 0.4) is 0 Å². The number of Topliss-reactive ketones (excluding diaryl/α,β-unsaturated/α-hetero) is 1. The third-order valence-corrected chi connectivity index (χ3v) is 5.85. The number of rotatable bonds is 7. The van der Waals surface area contributed by atoms with Gasteiger partial charge < -0.3 is 15.3 Å². The maximum absolute atomic E-state index is 12.5. The van der Waals surface area contributed by atoms with Gasteiger partial charge in [-0.1, -0.05) is 54.6 Å². The van der Waals surface area contributed by atoms with Crippen molar-refractivity contribution in [3.8, 4) is 0 Å². The van der Waals surface area contributed by atoms with Gasteiger partial charge in [-0.15, -0.1) is 0 Å². The Morgan fingerprint density at radius 1 is 1.03 bits per heavy atom. The van der Waals surface area contributed by atoms with Crippen molar-refractivity contribution in [3.63, 3.8) is 0 Å². The molecule has 1 saturated heterocycles. The van der Waals surface area contributed by atoms with Gasteiger partial charge in [0.1, 0.15) is 6.04 Å². The molecule has 2 aromatic carbocycles. The molecule has 8 nitrogen and oxygen atoms in total. The van der Waals surface area contributed by atoms with E-state index < -0.39 is 24.1 Å². The normalized spacial score (nSPS) is 16.2. The molecule has 2 atom stereocenters. The van der Waals surface area contributed by atoms with E-state index in [9.17, 15) is 19.5 Å². The fraction of sp³-hybridized carbons (Fsp3) is 0.375. The van der Waals surface area contributed by atoms with Crippen LogP contribution in [0.1, 0.15) is 47.2 Å². The smallest absolute Gasteiger partial charge is 0.318 e. The van der Waals surface area contributed by atoms with Gasteiger partial charge >= 0.3 is 6.03 Å². The number of ketones is 1. The number of benzene rings is 2. The molecule has 0 aliphatic carbocycles. The Hall–Kier alpha value is -3.23. The molecule has 1 fully saturated rings. The average Bonchev–Trinajstić information content (AvgIpc) is 2.82. The maximum Gasteiger partial charge on any atom is 0.318 e. The van der Waals surface area contributed by atoms with Crippen molar-refractivity contribution >= 4 is 17.7 Å². The summed E-state index contributed by atoms with van der Waals surface area (Å²) >= 11 is 0. The number of amides is 3. The predicted molar refractivity (Wildman–Crippen MR) is 118 cm³/mol. The molecule has 3 amide bonds. The number of carbonyl (C=O) groups excluding carboxylic acids is 3. The van der Waals surface area contributed by atoms with E-state index >= 15 is 0 Å². The largest absolute Gasteiger partial charge is 0.391 e. The quantitative estimate of drug-likeness (QED) is 0.300. The highest BCUT2D eigenvalue weighted by Crippen LogP contribution is 2.28. The lowest BCUT2D eigenvalue weighted by molar-refractivity contribution is -0.133. The number of hydrogen-bond acceptors (Lipinski definition) is 5. The molecule has 4 N–H and O–H groups in total. The second kappa shape index (κ2) is 10.9. The fourth-order valence-electron chi connectivity index (χ4n) is 3.94. The molecule has 0 saturated carbocycles. The zero-order chi connectivity index (χ0) is 23.1. The number of aliphatic hydroxyl groups excluding tert-OH is 1. The first-order valence-electron chi connectivity index (χ1n) is 10.7. The number of hydrogen-bond donors (Lipinski definition) is 4. The Bertz CT molecular complexity index is 922. The molecule has 2 aromatic rings. The Kier molecular flexibility index (Phi) is 7.97. The number of nitrogens with one attached hydrogen (secondary N) is 2. The van der Waals surface area contributed by atoms with Gasteiger partial charge in [-0.05, 0) is 36.8 Å². The van der Waals surface area contributed by atoms with Gasteiger partial charge in [0, 0.05) is 25.1 Å². The topological polar surface area (TPSA) is 119 Å². The minimum Gasteiger partial charge on any atom is -0.391 e. The van der Waals surface area contributed by atoms with E-state index in [0.29, 0.717) is 25.1 Å². The molecular weight excluding hydrogens is 410 g/mol. The number of piperidine rings is 1. The van der Waals surface area contributed by atoms with Crippen LogP contribution in [-0.2, 0) is 11.2 Å². The van der Waals surface area contributed by atoms with Crippen LogP contribution in [0.15, 0.2) is 54.6 Å². The minimum atomic E-state index is -1.23. The predicted octanol–water partition coefficient (Wildman–Crippen LogP) is 2.26. The summed E-state index contributed by atoms with van der Waals surface area (Å²) in [7, 11) is 0. The van der Waals surface area contributed by atoms with Gasteiger partial charge in [0.15, 0.2) is 5.78 Å². The van der Waals surface area contributed by atoms with Crippen molar-refractivity contribution in [2.24, 2.45) is 0 Å². The van der Waals surface area contributed by atoms with E-state index in [2.05, 4.69) is 5.32 Å². The van der Waals surface area contributed by atoms with Crippen molar-refractivity contribution in [1.29, 1.82) is 0 Å². The molecule has 1 aliphatic rings. The van der Waals surface area contributed by atoms with Crippen molar-refractivity contribution in [1.82, 2.24) is 15.7 Å². The molecule has 0 spiro atoms. The number of carbonyl (C=O) groups is 3. The molecule has 0 aromatic heterocycles. The first kappa shape index (κ1) is 23.4. The van der Waals surface area contributed by atoms with E-state index in [0.717, 1.165) is 24.0 Å². The monoisotopic (exact) mass is 439 g/mol. The first-order chi connectivity index (χ1) is 15.4. The van der Waals surface area contributed by atoms with E-state index in [1.807, 2.05) is 54.6 Å². The summed E-state index contributed by atoms with van der Waals surface area (Å²) in [4.78, 5) is 38.2. The van der Waals surface area contributed by atoms with Crippen LogP contribution in [0.25, 0.3) is 0 Å². The minimum absolute atomic E-state index is 0.0776. The van der Waals surface area contributed by atoms with Gasteiger partial charge in [-0.25, -0.2) is 10.3 Å². The van der Waals surface area contributed by atoms with Crippen molar-refractivity contribution in [2.45, 2.75) is 44.2 Å². The molecule has 1 aliphatic heterocycles. The SMILES string of the molecule is C[C@@H](O)[C@H](NC(=O)N1CCC(c2ccc(C(=O)Cc3ccccc3)cc2)CC1)C(=O)NO. The van der Waals surface area contributed by atoms with Crippen molar-refractivity contribution in [3.05, 3.63) is 71.3 Å². The molecule has 3 rings (SSSR count). The molecule has 0 radical (unpaired) electrons. The zero-order valence-corrected chi connectivity index (χ0v) is 18.0. The van der Waals surface area contributed by atoms with Crippen LogP contribution in [-0.4, -0.2) is 58.2 Å². The van der Waals surface area contributed by atoms with E-state index in [1.165, 1.54) is 12.4 Å². The Labute approximate surface area is 187 Å². The highest BCUT2D eigenvalue weighted by Gasteiger charge is 2.29. The highest BCUT2D eigenvalue weighted by molar-refractivity contribution is 5.97. The summed E-state index contributed by atoms with van der Waals surface area (Å²) in [5.41, 5.74) is 4.25. The zero-order valence-electron chi connectivity index (χ0n) is 18.0. The summed E-state index contributed by atoms with van der Waals surface area (Å²) < 4.78 is 0. The number of likely N-dealkylation sites (tertiary alicyclic amines) is 1. The summed E-state index contributed by atoms with van der Waals surface area (Å²) in [6, 6.07) is 15.6. The summed E-state index contributed by atoms with van der Waals surface area (Å²) in [6.07, 6.45) is 0.717. The molecular formula is C24H29N3O5. The molecule has 32 heavy (non-hydrogen) atoms. The molecule has 1 heterocycles. The summed E-state index contributed by atoms with van der Waals surface area (Å²) in [6.45, 7) is 2.36. The van der Waals surface area contributed by atoms with Gasteiger partial charge in [0.05, 0.1) is 6.10 Å². The first-order valence-corrected chi connectivity index (χ1v) is 10.7. The van der Waals surface area contributed by atoms with Crippen LogP contribution in [0.4, 0.5) is 4.79 Å². The van der Waals surface area contributed by atoms with Crippen molar-refractivity contribution < 1.29 is 24.7 Å². The molecule has 0 bridgehead atoms. The lowest BCUT2D eigenvalue weighted by atomic mass is 9.88. The lowest BCUT2D eigenvalue weighted by Gasteiger charge is -2.33. The Balaban J connectivity index is 1.53. The Morgan fingerprint density at radius 2 is 1.66 bits per heavy atom. The second-order valence-corrected chi connectivity index (χ2v) is 8.11. The lowest BCUT2D eigenvalue weighted by Crippen LogP contribution is -2.56. The van der Waals surface area contributed by atoms with Crippen LogP contribution in [0, 0.1) is 0 Å². The van der Waals surface area contributed by atoms with Gasteiger partial charge in [-0.2, -0.15) is 0 Å². The standard InChI is InChI=1S/C24H29N3O5/c1-16(28)22(23(30)26-32)25-24(31)27-13-11-19(12-14-27)18-7-9-20(10-8-18)21(29)15-17-5-3-2-4-6-17/h2-10,16,19,22,28,32H,11-15H2,1H3,(H,25,31)(H,26,30)/t16-,22+/m1/s1. The average molecular weight is 440 g/mol. The maximum atomic E-state index is 12.5. The number of aliphatic hydroxyl groups is 1. The third-order valence-electron chi connectivity index (χ3n) is 5.85. The van der Waals surface area contributed by atoms with E-state index in [-0.39, 0.29) is 11.7 Å². The molecule has 170 valence electrons. The van der Waals surface area contributed by atoms with Gasteiger partial charge in [-0.3, -0.25) is 14.8 Å². The second-order valence-electron chi connectivity index (χ2n) is 8.11. The highest BCUT2D eigenvalue weighted by atomic mass is 16.5. The Morgan fingerprint density at radius 3 is 2.22 bits per heavy atom.